The van der Waals surface area contributed by atoms with Crippen molar-refractivity contribution in [3.05, 3.63) is 99.9 Å². The van der Waals surface area contributed by atoms with Gasteiger partial charge in [-0.1, -0.05) is 66.2 Å². The van der Waals surface area contributed by atoms with Gasteiger partial charge in [0.1, 0.15) is 4.83 Å². The van der Waals surface area contributed by atoms with Crippen molar-refractivity contribution in [3.63, 3.8) is 0 Å². The van der Waals surface area contributed by atoms with E-state index in [1.54, 1.807) is 0 Å². The molecule has 3 aromatic carbocycles. The Balaban J connectivity index is 1.53. The summed E-state index contributed by atoms with van der Waals surface area (Å²) in [6.45, 7) is 1.99. The summed E-state index contributed by atoms with van der Waals surface area (Å²) < 4.78 is 1.41. The fourth-order valence-electron chi connectivity index (χ4n) is 3.63. The molecule has 0 aliphatic rings. The van der Waals surface area contributed by atoms with Crippen LogP contribution in [0.1, 0.15) is 15.9 Å². The lowest BCUT2D eigenvalue weighted by atomic mass is 10.0. The second-order valence-electron chi connectivity index (χ2n) is 7.36. The summed E-state index contributed by atoms with van der Waals surface area (Å²) in [4.78, 5) is 31.2. The third kappa shape index (κ3) is 3.23. The third-order valence-corrected chi connectivity index (χ3v) is 6.20. The average Bonchev–Trinajstić information content (AvgIpc) is 3.21. The molecule has 0 amide bonds. The predicted molar refractivity (Wildman–Crippen MR) is 122 cm³/mol. The van der Waals surface area contributed by atoms with Gasteiger partial charge in [0, 0.05) is 16.5 Å². The Morgan fingerprint density at radius 2 is 1.77 bits per heavy atom. The maximum Gasteiger partial charge on any atom is 0.263 e. The molecular formula is C25H18N2O2S. The van der Waals surface area contributed by atoms with Crippen LogP contribution >= 0.6 is 11.3 Å². The van der Waals surface area contributed by atoms with Gasteiger partial charge in [-0.25, -0.2) is 4.98 Å². The number of hydrogen-bond acceptors (Lipinski definition) is 4. The quantitative estimate of drug-likeness (QED) is 0.369. The van der Waals surface area contributed by atoms with Gasteiger partial charge in [-0.3, -0.25) is 14.2 Å². The second-order valence-corrected chi connectivity index (χ2v) is 8.22. The lowest BCUT2D eigenvalue weighted by molar-refractivity contribution is 0.0971. The van der Waals surface area contributed by atoms with Crippen LogP contribution in [0.4, 0.5) is 0 Å². The minimum Gasteiger partial charge on any atom is -0.292 e. The molecule has 0 fully saturated rings. The number of hydrogen-bond donors (Lipinski definition) is 0. The van der Waals surface area contributed by atoms with Crippen molar-refractivity contribution in [2.24, 2.45) is 0 Å². The van der Waals surface area contributed by atoms with Crippen LogP contribution in [-0.4, -0.2) is 15.3 Å². The Kier molecular flexibility index (Phi) is 4.52. The van der Waals surface area contributed by atoms with E-state index in [2.05, 4.69) is 4.98 Å². The molecule has 0 radical (unpaired) electrons. The Hall–Kier alpha value is -3.57. The Bertz CT molecular complexity index is 1460. The van der Waals surface area contributed by atoms with Crippen LogP contribution in [0.5, 0.6) is 0 Å². The van der Waals surface area contributed by atoms with E-state index < -0.39 is 0 Å². The van der Waals surface area contributed by atoms with E-state index >= 15 is 0 Å². The molecule has 0 bridgehead atoms. The molecule has 0 saturated heterocycles. The number of fused-ring (bicyclic) bond motifs is 2. The zero-order chi connectivity index (χ0) is 20.7. The molecule has 0 unspecified atom stereocenters. The van der Waals surface area contributed by atoms with Crippen molar-refractivity contribution in [2.45, 2.75) is 13.5 Å². The van der Waals surface area contributed by atoms with Crippen LogP contribution in [-0.2, 0) is 6.54 Å². The van der Waals surface area contributed by atoms with Gasteiger partial charge in [0.05, 0.1) is 18.3 Å². The number of aromatic nitrogens is 2. The van der Waals surface area contributed by atoms with Gasteiger partial charge >= 0.3 is 0 Å². The molecule has 0 saturated carbocycles. The fraction of sp³-hybridized carbons (Fsp3) is 0.0800. The van der Waals surface area contributed by atoms with Crippen LogP contribution in [0.2, 0.25) is 0 Å². The van der Waals surface area contributed by atoms with Gasteiger partial charge < -0.3 is 0 Å². The van der Waals surface area contributed by atoms with Crippen LogP contribution in [0.3, 0.4) is 0 Å². The predicted octanol–water partition coefficient (Wildman–Crippen LogP) is 5.47. The van der Waals surface area contributed by atoms with Crippen LogP contribution < -0.4 is 5.56 Å². The van der Waals surface area contributed by atoms with E-state index in [9.17, 15) is 9.59 Å². The molecule has 0 spiro atoms. The van der Waals surface area contributed by atoms with E-state index in [0.29, 0.717) is 15.8 Å². The zero-order valence-corrected chi connectivity index (χ0v) is 17.1. The molecule has 5 aromatic rings. The van der Waals surface area contributed by atoms with Crippen molar-refractivity contribution in [2.75, 3.05) is 0 Å². The van der Waals surface area contributed by atoms with Crippen molar-refractivity contribution in [1.29, 1.82) is 0 Å². The largest absolute Gasteiger partial charge is 0.292 e. The highest BCUT2D eigenvalue weighted by Gasteiger charge is 2.15. The minimum absolute atomic E-state index is 0.0384. The Morgan fingerprint density at radius 3 is 2.57 bits per heavy atom. The first-order chi connectivity index (χ1) is 14.6. The standard InChI is InChI=1S/C25H18N2O2S/c1-16-6-8-18(9-7-16)21-14-30-24-23(21)25(29)27(15-26-24)13-22(28)20-11-10-17-4-2-3-5-19(17)12-20/h2-12,14-15H,13H2,1H3. The van der Waals surface area contributed by atoms with Crippen molar-refractivity contribution in [1.82, 2.24) is 9.55 Å². The number of carbonyl (C=O) groups excluding carboxylic acids is 1. The van der Waals surface area contributed by atoms with Gasteiger partial charge in [0.15, 0.2) is 5.78 Å². The number of nitrogens with zero attached hydrogens (tertiary/aromatic N) is 2. The smallest absolute Gasteiger partial charge is 0.263 e. The molecule has 5 rings (SSSR count). The van der Waals surface area contributed by atoms with Gasteiger partial charge in [-0.2, -0.15) is 0 Å². The van der Waals surface area contributed by atoms with Gasteiger partial charge in [-0.15, -0.1) is 11.3 Å². The normalized spacial score (nSPS) is 11.2. The SMILES string of the molecule is Cc1ccc(-c2csc3ncn(CC(=O)c4ccc5ccccc5c4)c(=O)c23)cc1. The highest BCUT2D eigenvalue weighted by molar-refractivity contribution is 7.17. The lowest BCUT2D eigenvalue weighted by Crippen LogP contribution is -2.24. The number of benzene rings is 3. The molecule has 146 valence electrons. The van der Waals surface area contributed by atoms with Gasteiger partial charge in [-0.05, 0) is 29.3 Å². The molecule has 0 aliphatic heterocycles. The van der Waals surface area contributed by atoms with Crippen molar-refractivity contribution >= 4 is 38.1 Å². The maximum atomic E-state index is 13.2. The van der Waals surface area contributed by atoms with E-state index in [0.717, 1.165) is 27.5 Å². The van der Waals surface area contributed by atoms with Crippen LogP contribution in [0, 0.1) is 6.92 Å². The summed E-state index contributed by atoms with van der Waals surface area (Å²) in [7, 11) is 0. The van der Waals surface area contributed by atoms with Crippen LogP contribution in [0.15, 0.2) is 83.2 Å². The number of Topliss-reactive ketones (excluding diaryl/α,β-unsaturated/α-hetero) is 1. The summed E-state index contributed by atoms with van der Waals surface area (Å²) in [5.41, 5.74) is 3.40. The van der Waals surface area contributed by atoms with E-state index in [-0.39, 0.29) is 17.9 Å². The topological polar surface area (TPSA) is 52.0 Å². The molecule has 2 aromatic heterocycles. The molecular weight excluding hydrogens is 392 g/mol. The number of ketones is 1. The summed E-state index contributed by atoms with van der Waals surface area (Å²) in [5, 5.41) is 4.61. The summed E-state index contributed by atoms with van der Waals surface area (Å²) >= 11 is 1.44. The number of thiophene rings is 1. The Morgan fingerprint density at radius 1 is 1.00 bits per heavy atom. The fourth-order valence-corrected chi connectivity index (χ4v) is 4.54. The average molecular weight is 410 g/mol. The summed E-state index contributed by atoms with van der Waals surface area (Å²) in [5.74, 6) is -0.115. The molecule has 0 aliphatic carbocycles. The maximum absolute atomic E-state index is 13.2. The van der Waals surface area contributed by atoms with Gasteiger partial charge in [0.2, 0.25) is 0 Å². The number of carbonyl (C=O) groups is 1. The van der Waals surface area contributed by atoms with E-state index in [4.69, 9.17) is 0 Å². The first kappa shape index (κ1) is 18.5. The highest BCUT2D eigenvalue weighted by Crippen LogP contribution is 2.30. The first-order valence-corrected chi connectivity index (χ1v) is 10.5. The van der Waals surface area contributed by atoms with Crippen molar-refractivity contribution < 1.29 is 4.79 Å². The lowest BCUT2D eigenvalue weighted by Gasteiger charge is -2.07. The minimum atomic E-state index is -0.189. The molecule has 4 nitrogen and oxygen atoms in total. The number of rotatable bonds is 4. The second kappa shape index (κ2) is 7.35. The first-order valence-electron chi connectivity index (χ1n) is 9.66. The molecule has 30 heavy (non-hydrogen) atoms. The monoisotopic (exact) mass is 410 g/mol. The molecule has 0 N–H and O–H groups in total. The van der Waals surface area contributed by atoms with E-state index in [1.165, 1.54) is 22.2 Å². The third-order valence-electron chi connectivity index (χ3n) is 5.31. The Labute approximate surface area is 177 Å². The summed E-state index contributed by atoms with van der Waals surface area (Å²) in [6.07, 6.45) is 1.47. The van der Waals surface area contributed by atoms with Crippen LogP contribution in [0.25, 0.3) is 32.1 Å². The highest BCUT2D eigenvalue weighted by atomic mass is 32.1. The van der Waals surface area contributed by atoms with Crippen molar-refractivity contribution in [3.8, 4) is 11.1 Å². The zero-order valence-electron chi connectivity index (χ0n) is 16.3. The molecule has 5 heteroatoms. The van der Waals surface area contributed by atoms with Gasteiger partial charge in [0.25, 0.3) is 5.56 Å². The van der Waals surface area contributed by atoms with E-state index in [1.807, 2.05) is 79.0 Å². The number of aryl methyl sites for hydroxylation is 1. The summed E-state index contributed by atoms with van der Waals surface area (Å²) in [6, 6.07) is 21.6. The molecule has 0 atom stereocenters. The molecule has 2 heterocycles.